The summed E-state index contributed by atoms with van der Waals surface area (Å²) in [6, 6.07) is -0.155. The molecule has 10 heteroatoms. The lowest BCUT2D eigenvalue weighted by atomic mass is 10.1. The van der Waals surface area contributed by atoms with Crippen LogP contribution < -0.4 is 10.6 Å². The van der Waals surface area contributed by atoms with Crippen LogP contribution >= 0.6 is 0 Å². The Morgan fingerprint density at radius 1 is 1.03 bits per heavy atom. The van der Waals surface area contributed by atoms with Crippen LogP contribution in [0.15, 0.2) is 0 Å². The van der Waals surface area contributed by atoms with Crippen LogP contribution in [0.5, 0.6) is 0 Å². The van der Waals surface area contributed by atoms with E-state index in [-0.39, 0.29) is 62.0 Å². The predicted molar refractivity (Wildman–Crippen MR) is 106 cm³/mol. The molecule has 2 rings (SSSR count). The lowest BCUT2D eigenvalue weighted by Gasteiger charge is -2.30. The Morgan fingerprint density at radius 2 is 1.67 bits per heavy atom. The fourth-order valence-electron chi connectivity index (χ4n) is 3.54. The summed E-state index contributed by atoms with van der Waals surface area (Å²) in [5.41, 5.74) is 0.110. The van der Waals surface area contributed by atoms with Gasteiger partial charge in [0.05, 0.1) is 12.5 Å². The van der Waals surface area contributed by atoms with E-state index in [9.17, 15) is 24.0 Å². The van der Waals surface area contributed by atoms with Crippen molar-refractivity contribution >= 4 is 29.6 Å². The smallest absolute Gasteiger partial charge is 0.334 e. The van der Waals surface area contributed by atoms with Gasteiger partial charge in [0.25, 0.3) is 11.8 Å². The van der Waals surface area contributed by atoms with E-state index < -0.39 is 17.8 Å². The third-order valence-corrected chi connectivity index (χ3v) is 4.85. The molecule has 2 fully saturated rings. The van der Waals surface area contributed by atoms with Crippen LogP contribution in [-0.2, 0) is 28.8 Å². The molecule has 0 radical (unpaired) electrons. The molecule has 1 atom stereocenters. The fourth-order valence-corrected chi connectivity index (χ4v) is 3.54. The topological polar surface area (TPSA) is 125 Å². The molecule has 2 saturated heterocycles. The Hall–Kier alpha value is -2.49. The molecule has 0 aromatic carbocycles. The van der Waals surface area contributed by atoms with Gasteiger partial charge in [-0.3, -0.25) is 24.1 Å². The molecule has 2 aliphatic heterocycles. The molecule has 0 aliphatic carbocycles. The number of hydrogen-bond acceptors (Lipinski definition) is 7. The van der Waals surface area contributed by atoms with Crippen molar-refractivity contribution in [3.05, 3.63) is 0 Å². The minimum atomic E-state index is -0.771. The molecule has 30 heavy (non-hydrogen) atoms. The molecule has 0 saturated carbocycles. The highest BCUT2D eigenvalue weighted by Gasteiger charge is 2.33. The Bertz CT molecular complexity index is 671. The Balaban J connectivity index is 1.60. The molecule has 168 valence electrons. The molecular weight excluding hydrogens is 401 g/mol. The van der Waals surface area contributed by atoms with E-state index in [0.717, 1.165) is 25.9 Å². The van der Waals surface area contributed by atoms with Gasteiger partial charge in [-0.05, 0) is 24.8 Å². The molecule has 0 aromatic rings. The zero-order chi connectivity index (χ0) is 22.3. The SMILES string of the molecule is CC(C)(C)[13CH2][15N]1CCC[13CH]1C(=O)NC[13CH2][13C](=O)[15NH][13CH2][13CH2][13C](=O)ON1C(=O)CCC1=O. The third kappa shape index (κ3) is 7.40. The second-order valence-corrected chi connectivity index (χ2v) is 8.88. The Labute approximate surface area is 176 Å². The number of carbonyl (C=O) groups excluding carboxylic acids is 5. The van der Waals surface area contributed by atoms with Crippen molar-refractivity contribution in [2.45, 2.75) is 65.3 Å². The van der Waals surface area contributed by atoms with Crippen LogP contribution in [0.3, 0.4) is 0 Å². The lowest BCUT2D eigenvalue weighted by Crippen LogP contribution is -2.46. The van der Waals surface area contributed by atoms with E-state index in [1.807, 2.05) is 0 Å². The first kappa shape index (κ1) is 23.8. The van der Waals surface area contributed by atoms with Crippen LogP contribution in [0.1, 0.15) is 59.3 Å². The van der Waals surface area contributed by atoms with E-state index in [2.05, 4.69) is 36.3 Å². The number of hydrogen-bond donors (Lipinski definition) is 2. The first-order valence-electron chi connectivity index (χ1n) is 10.4. The molecule has 10 nitrogen and oxygen atoms in total. The van der Waals surface area contributed by atoms with Crippen LogP contribution in [0.4, 0.5) is 0 Å². The zero-order valence-corrected chi connectivity index (χ0v) is 18.0. The standard InChI is InChI=1S/C20H32N4O6/c1-20(2,3)13-23-12-4-5-14(23)19(29)22-10-8-15(25)21-11-9-18(28)30-24-16(26)6-7-17(24)27/h14H,4-13H2,1-3H3,(H,21,25)(H,22,29)/i8+1,9+1,11+1,13+1,14+1,15+1,18+1,21+1,23+1. The van der Waals surface area contributed by atoms with Crippen molar-refractivity contribution < 1.29 is 28.8 Å². The number of rotatable bonds is 9. The van der Waals surface area contributed by atoms with Gasteiger partial charge in [0.2, 0.25) is 11.8 Å². The fraction of sp³-hybridized carbons (Fsp3) is 0.750. The average Bonchev–Trinajstić information content (AvgIpc) is 3.21. The summed E-state index contributed by atoms with van der Waals surface area (Å²) in [6.45, 7) is 8.40. The average molecular weight is 433 g/mol. The second-order valence-electron chi connectivity index (χ2n) is 8.88. The number of likely N-dealkylation sites (tertiary alicyclic amines) is 1. The minimum absolute atomic E-state index is 0.0177. The van der Waals surface area contributed by atoms with Crippen molar-refractivity contribution in [2.75, 3.05) is 26.2 Å². The molecule has 2 heterocycles. The number of nitrogens with zero attached hydrogens (tertiary/aromatic N) is 2. The molecule has 2 N–H and O–H groups in total. The summed E-state index contributed by atoms with van der Waals surface area (Å²) in [5, 5.41) is 5.85. The van der Waals surface area contributed by atoms with Crippen molar-refractivity contribution in [1.82, 2.24) is 20.6 Å². The van der Waals surface area contributed by atoms with Gasteiger partial charge >= 0.3 is 5.97 Å². The molecule has 0 spiro atoms. The van der Waals surface area contributed by atoms with Gasteiger partial charge < -0.3 is 15.5 Å². The maximum Gasteiger partial charge on any atom is 0.334 e. The molecular formula is C20H32N4O6. The van der Waals surface area contributed by atoms with Crippen LogP contribution in [-0.4, -0.2) is 71.8 Å². The molecule has 2 aliphatic rings. The van der Waals surface area contributed by atoms with Gasteiger partial charge in [0.15, 0.2) is 0 Å². The normalized spacial score (nSPS) is 19.8. The summed E-state index contributed by atoms with van der Waals surface area (Å²) in [7, 11) is 0. The number of nitrogens with one attached hydrogen (secondary N) is 2. The van der Waals surface area contributed by atoms with Crippen LogP contribution in [0, 0.1) is 5.41 Å². The van der Waals surface area contributed by atoms with Crippen molar-refractivity contribution in [2.24, 2.45) is 5.41 Å². The van der Waals surface area contributed by atoms with Gasteiger partial charge in [-0.2, -0.15) is 0 Å². The molecule has 1 unspecified atom stereocenters. The van der Waals surface area contributed by atoms with Gasteiger partial charge in [-0.25, -0.2) is 4.79 Å². The van der Waals surface area contributed by atoms with E-state index in [1.54, 1.807) is 0 Å². The maximum atomic E-state index is 12.4. The number of amides is 4. The summed E-state index contributed by atoms with van der Waals surface area (Å²) in [5.74, 6) is -2.23. The number of hydroxylamine groups is 2. The Morgan fingerprint density at radius 3 is 2.30 bits per heavy atom. The van der Waals surface area contributed by atoms with Gasteiger partial charge in [0.1, 0.15) is 0 Å². The minimum Gasteiger partial charge on any atom is -0.355 e. The van der Waals surface area contributed by atoms with Gasteiger partial charge in [0, 0.05) is 38.9 Å². The molecule has 0 bridgehead atoms. The van der Waals surface area contributed by atoms with Crippen LogP contribution in [0.25, 0.3) is 0 Å². The van der Waals surface area contributed by atoms with E-state index in [0.29, 0.717) is 5.06 Å². The molecule has 0 aromatic heterocycles. The summed E-state index contributed by atoms with van der Waals surface area (Å²) < 4.78 is 0. The zero-order valence-electron chi connectivity index (χ0n) is 18.0. The highest BCUT2D eigenvalue weighted by molar-refractivity contribution is 6.01. The highest BCUT2D eigenvalue weighted by Crippen LogP contribution is 2.23. The quantitative estimate of drug-likeness (QED) is 0.301. The van der Waals surface area contributed by atoms with E-state index in [1.165, 1.54) is 0 Å². The summed E-state index contributed by atoms with van der Waals surface area (Å²) >= 11 is 0. The van der Waals surface area contributed by atoms with Crippen molar-refractivity contribution in [3.63, 3.8) is 0 Å². The summed E-state index contributed by atoms with van der Waals surface area (Å²) in [6.07, 6.45) is 1.79. The number of imide groups is 1. The maximum absolute atomic E-state index is 12.4. The third-order valence-electron chi connectivity index (χ3n) is 4.85. The van der Waals surface area contributed by atoms with Gasteiger partial charge in [-0.15, -0.1) is 5.06 Å². The summed E-state index contributed by atoms with van der Waals surface area (Å²) in [4.78, 5) is 65.7. The lowest BCUT2D eigenvalue weighted by molar-refractivity contribution is -0.197. The number of carbonyl (C=O) groups is 5. The van der Waals surface area contributed by atoms with Crippen molar-refractivity contribution in [1.29, 1.82) is 0 Å². The van der Waals surface area contributed by atoms with Crippen molar-refractivity contribution in [3.8, 4) is 0 Å². The van der Waals surface area contributed by atoms with Gasteiger partial charge in [-0.1, -0.05) is 20.8 Å². The monoisotopic (exact) mass is 433 g/mol. The predicted octanol–water partition coefficient (Wildman–Crippen LogP) is 0.117. The highest BCUT2D eigenvalue weighted by atomic mass is 16.8. The molecule has 4 amide bonds. The van der Waals surface area contributed by atoms with Crippen LogP contribution in [0.2, 0.25) is 0 Å². The largest absolute Gasteiger partial charge is 0.355 e. The first-order chi connectivity index (χ1) is 14.1. The first-order valence-corrected chi connectivity index (χ1v) is 10.4. The van der Waals surface area contributed by atoms with E-state index in [4.69, 9.17) is 4.84 Å². The van der Waals surface area contributed by atoms with E-state index >= 15 is 0 Å². The Kier molecular flexibility index (Phi) is 8.33. The second kappa shape index (κ2) is 10.5.